The van der Waals surface area contributed by atoms with E-state index in [1.54, 1.807) is 36.5 Å². The average Bonchev–Trinajstić information content (AvgIpc) is 2.53. The van der Waals surface area contributed by atoms with Gasteiger partial charge in [-0.3, -0.25) is 14.4 Å². The number of nitrogens with zero attached hydrogens (tertiary/aromatic N) is 2. The molecule has 0 saturated heterocycles. The fourth-order valence-electron chi connectivity index (χ4n) is 2.00. The number of pyridine rings is 1. The zero-order chi connectivity index (χ0) is 17.5. The van der Waals surface area contributed by atoms with Crippen molar-refractivity contribution in [3.05, 3.63) is 65.8 Å². The van der Waals surface area contributed by atoms with Crippen LogP contribution in [0.5, 0.6) is 5.75 Å². The zero-order valence-corrected chi connectivity index (χ0v) is 13.4. The molecular formula is C18H18F2N2O2. The Balaban J connectivity index is 2.17. The number of alkyl halides is 2. The zero-order valence-electron chi connectivity index (χ0n) is 13.4. The number of benzene rings is 1. The van der Waals surface area contributed by atoms with E-state index in [4.69, 9.17) is 0 Å². The van der Waals surface area contributed by atoms with Crippen LogP contribution in [0.1, 0.15) is 24.2 Å². The van der Waals surface area contributed by atoms with Crippen LogP contribution in [0, 0.1) is 0 Å². The number of rotatable bonds is 5. The number of aromatic nitrogens is 1. The van der Waals surface area contributed by atoms with E-state index in [0.29, 0.717) is 11.1 Å². The topological polar surface area (TPSA) is 43.6 Å². The largest absolute Gasteiger partial charge is 0.435 e. The standard InChI is InChI=1S/C18H18F2N2O2/c1-13(2)21-16-5-3-4-12-22(16)17(23)11-8-14-6-9-15(10-7-14)24-18(19)20/h3-13,18H,1-2H3. The summed E-state index contributed by atoms with van der Waals surface area (Å²) >= 11 is 0. The highest BCUT2D eigenvalue weighted by atomic mass is 19.3. The molecule has 0 spiro atoms. The van der Waals surface area contributed by atoms with Crippen LogP contribution in [0.25, 0.3) is 6.08 Å². The fraction of sp³-hybridized carbons (Fsp3) is 0.222. The molecular weight excluding hydrogens is 314 g/mol. The minimum Gasteiger partial charge on any atom is -0.435 e. The summed E-state index contributed by atoms with van der Waals surface area (Å²) in [6.45, 7) is 1.01. The van der Waals surface area contributed by atoms with E-state index in [1.807, 2.05) is 19.9 Å². The second kappa shape index (κ2) is 8.19. The first-order valence-corrected chi connectivity index (χ1v) is 7.44. The highest BCUT2D eigenvalue weighted by Gasteiger charge is 2.04. The Morgan fingerprint density at radius 1 is 1.17 bits per heavy atom. The number of halogens is 2. The fourth-order valence-corrected chi connectivity index (χ4v) is 2.00. The number of hydrogen-bond donors (Lipinski definition) is 0. The van der Waals surface area contributed by atoms with Crippen LogP contribution in [0.4, 0.5) is 8.78 Å². The molecule has 0 radical (unpaired) electrons. The van der Waals surface area contributed by atoms with Gasteiger partial charge in [0, 0.05) is 18.3 Å². The first-order chi connectivity index (χ1) is 11.5. The van der Waals surface area contributed by atoms with Crippen molar-refractivity contribution < 1.29 is 18.3 Å². The lowest BCUT2D eigenvalue weighted by molar-refractivity contribution is -0.0498. The molecule has 2 aromatic rings. The van der Waals surface area contributed by atoms with Crippen LogP contribution >= 0.6 is 0 Å². The summed E-state index contributed by atoms with van der Waals surface area (Å²) in [6.07, 6.45) is 4.66. The van der Waals surface area contributed by atoms with E-state index in [2.05, 4.69) is 9.73 Å². The Morgan fingerprint density at radius 2 is 1.88 bits per heavy atom. The van der Waals surface area contributed by atoms with Gasteiger partial charge in [-0.15, -0.1) is 0 Å². The van der Waals surface area contributed by atoms with Crippen molar-refractivity contribution in [1.29, 1.82) is 0 Å². The minimum absolute atomic E-state index is 0.0674. The monoisotopic (exact) mass is 332 g/mol. The van der Waals surface area contributed by atoms with Gasteiger partial charge in [0.05, 0.1) is 0 Å². The lowest BCUT2D eigenvalue weighted by Crippen LogP contribution is -2.26. The summed E-state index contributed by atoms with van der Waals surface area (Å²) in [5.41, 5.74) is 1.27. The molecule has 126 valence electrons. The van der Waals surface area contributed by atoms with E-state index in [9.17, 15) is 13.6 Å². The number of allylic oxidation sites excluding steroid dienone is 1. The molecule has 0 unspecified atom stereocenters. The van der Waals surface area contributed by atoms with Crippen LogP contribution in [-0.2, 0) is 0 Å². The van der Waals surface area contributed by atoms with Gasteiger partial charge < -0.3 is 4.74 Å². The van der Waals surface area contributed by atoms with Crippen molar-refractivity contribution in [3.8, 4) is 5.75 Å². The maximum atomic E-state index is 12.3. The molecule has 4 nitrogen and oxygen atoms in total. The van der Waals surface area contributed by atoms with Crippen molar-refractivity contribution in [2.45, 2.75) is 26.5 Å². The van der Waals surface area contributed by atoms with E-state index in [1.165, 1.54) is 22.8 Å². The van der Waals surface area contributed by atoms with Crippen LogP contribution in [0.3, 0.4) is 0 Å². The summed E-state index contributed by atoms with van der Waals surface area (Å²) in [6, 6.07) is 11.4. The van der Waals surface area contributed by atoms with Gasteiger partial charge >= 0.3 is 6.61 Å². The van der Waals surface area contributed by atoms with E-state index >= 15 is 0 Å². The smallest absolute Gasteiger partial charge is 0.387 e. The van der Waals surface area contributed by atoms with Gasteiger partial charge in [-0.05, 0) is 49.8 Å². The van der Waals surface area contributed by atoms with E-state index in [-0.39, 0.29) is 17.7 Å². The number of carbonyl (C=O) groups excluding carboxylic acids is 1. The number of ether oxygens (including phenoxy) is 1. The Labute approximate surface area is 138 Å². The molecule has 1 aromatic carbocycles. The molecule has 6 heteroatoms. The molecule has 0 fully saturated rings. The molecule has 0 bridgehead atoms. The third-order valence-corrected chi connectivity index (χ3v) is 2.99. The molecule has 1 aromatic heterocycles. The Morgan fingerprint density at radius 3 is 2.50 bits per heavy atom. The van der Waals surface area contributed by atoms with E-state index in [0.717, 1.165) is 0 Å². The molecule has 0 aliphatic rings. The van der Waals surface area contributed by atoms with Crippen molar-refractivity contribution in [2.24, 2.45) is 4.99 Å². The van der Waals surface area contributed by atoms with Gasteiger partial charge in [0.2, 0.25) is 0 Å². The molecule has 0 N–H and O–H groups in total. The van der Waals surface area contributed by atoms with Gasteiger partial charge in [0.15, 0.2) is 0 Å². The maximum Gasteiger partial charge on any atom is 0.387 e. The van der Waals surface area contributed by atoms with Crippen molar-refractivity contribution >= 4 is 12.0 Å². The van der Waals surface area contributed by atoms with Crippen LogP contribution in [0.2, 0.25) is 0 Å². The lowest BCUT2D eigenvalue weighted by Gasteiger charge is -2.05. The maximum absolute atomic E-state index is 12.3. The molecule has 2 rings (SSSR count). The summed E-state index contributed by atoms with van der Waals surface area (Å²) in [7, 11) is 0. The SMILES string of the molecule is CC(C)N=c1ccccn1C(=O)C=Cc1ccc(OC(F)F)cc1. The molecule has 24 heavy (non-hydrogen) atoms. The number of carbonyl (C=O) groups is 1. The summed E-state index contributed by atoms with van der Waals surface area (Å²) in [5, 5.41) is 0. The van der Waals surface area contributed by atoms with Gasteiger partial charge in [-0.25, -0.2) is 0 Å². The third kappa shape index (κ3) is 5.15. The minimum atomic E-state index is -2.86. The molecule has 0 amide bonds. The van der Waals surface area contributed by atoms with Gasteiger partial charge in [0.25, 0.3) is 5.91 Å². The Bertz CT molecular complexity index is 778. The highest BCUT2D eigenvalue weighted by Crippen LogP contribution is 2.15. The Kier molecular flexibility index (Phi) is 6.01. The first-order valence-electron chi connectivity index (χ1n) is 7.44. The van der Waals surface area contributed by atoms with Crippen LogP contribution < -0.4 is 10.2 Å². The number of hydrogen-bond acceptors (Lipinski definition) is 3. The second-order valence-electron chi connectivity index (χ2n) is 5.27. The summed E-state index contributed by atoms with van der Waals surface area (Å²) < 4.78 is 29.9. The normalized spacial score (nSPS) is 12.3. The molecule has 0 saturated carbocycles. The van der Waals surface area contributed by atoms with Gasteiger partial charge in [0.1, 0.15) is 11.2 Å². The second-order valence-corrected chi connectivity index (χ2v) is 5.27. The molecule has 0 aliphatic carbocycles. The first kappa shape index (κ1) is 17.6. The summed E-state index contributed by atoms with van der Waals surface area (Å²) in [5.74, 6) is -0.174. The Hall–Kier alpha value is -2.76. The quantitative estimate of drug-likeness (QED) is 0.783. The van der Waals surface area contributed by atoms with Gasteiger partial charge in [-0.1, -0.05) is 18.2 Å². The molecule has 0 atom stereocenters. The van der Waals surface area contributed by atoms with Crippen LogP contribution in [-0.4, -0.2) is 23.1 Å². The highest BCUT2D eigenvalue weighted by molar-refractivity contribution is 5.93. The lowest BCUT2D eigenvalue weighted by atomic mass is 10.2. The predicted molar refractivity (Wildman–Crippen MR) is 87.9 cm³/mol. The van der Waals surface area contributed by atoms with Crippen molar-refractivity contribution in [1.82, 2.24) is 4.57 Å². The van der Waals surface area contributed by atoms with E-state index < -0.39 is 6.61 Å². The molecule has 1 heterocycles. The third-order valence-electron chi connectivity index (χ3n) is 2.99. The predicted octanol–water partition coefficient (Wildman–Crippen LogP) is 3.75. The summed E-state index contributed by atoms with van der Waals surface area (Å²) in [4.78, 5) is 16.7. The van der Waals surface area contributed by atoms with Crippen molar-refractivity contribution in [2.75, 3.05) is 0 Å². The van der Waals surface area contributed by atoms with Gasteiger partial charge in [-0.2, -0.15) is 8.78 Å². The van der Waals surface area contributed by atoms with Crippen molar-refractivity contribution in [3.63, 3.8) is 0 Å². The molecule has 0 aliphatic heterocycles. The van der Waals surface area contributed by atoms with Crippen LogP contribution in [0.15, 0.2) is 59.7 Å². The average molecular weight is 332 g/mol.